The molecule has 1 amide bonds. The van der Waals surface area contributed by atoms with Crippen molar-refractivity contribution in [3.63, 3.8) is 0 Å². The molecular weight excluding hydrogens is 360 g/mol. The van der Waals surface area contributed by atoms with Crippen molar-refractivity contribution in [2.75, 3.05) is 24.3 Å². The summed E-state index contributed by atoms with van der Waals surface area (Å²) in [4.78, 5) is 21.6. The fraction of sp³-hybridized carbons (Fsp3) is 0.467. The largest absolute Gasteiger partial charge is 0.379 e. The number of nitrogens with two attached hydrogens (primary N) is 1. The number of rotatable bonds is 3. The molecule has 0 aromatic carbocycles. The highest BCUT2D eigenvalue weighted by molar-refractivity contribution is 8.13. The van der Waals surface area contributed by atoms with E-state index in [2.05, 4.69) is 15.4 Å². The van der Waals surface area contributed by atoms with E-state index in [4.69, 9.17) is 15.5 Å². The molecule has 4 heterocycles. The summed E-state index contributed by atoms with van der Waals surface area (Å²) >= 11 is 3.06. The first kappa shape index (κ1) is 16.6. The molecule has 3 N–H and O–H groups in total. The molecule has 2 aromatic heterocycles. The number of fused-ring (bicyclic) bond motifs is 1. The van der Waals surface area contributed by atoms with Gasteiger partial charge in [-0.05, 0) is 12.5 Å². The third-order valence-corrected chi connectivity index (χ3v) is 6.38. The molecule has 0 saturated carbocycles. The van der Waals surface area contributed by atoms with Crippen LogP contribution in [0.3, 0.4) is 0 Å². The molecule has 10 heteroatoms. The summed E-state index contributed by atoms with van der Waals surface area (Å²) in [5, 5.41) is 10.1. The van der Waals surface area contributed by atoms with E-state index in [1.165, 1.54) is 11.3 Å². The summed E-state index contributed by atoms with van der Waals surface area (Å²) in [6, 6.07) is 1.66. The van der Waals surface area contributed by atoms with Gasteiger partial charge in [-0.2, -0.15) is 5.10 Å². The van der Waals surface area contributed by atoms with Crippen LogP contribution in [0.15, 0.2) is 22.6 Å². The molecule has 4 rings (SSSR count). The van der Waals surface area contributed by atoms with Crippen molar-refractivity contribution in [1.82, 2.24) is 14.8 Å². The fourth-order valence-corrected chi connectivity index (χ4v) is 5.10. The van der Waals surface area contributed by atoms with Gasteiger partial charge in [0.1, 0.15) is 16.4 Å². The third kappa shape index (κ3) is 3.05. The lowest BCUT2D eigenvalue weighted by Gasteiger charge is -2.41. The average Bonchev–Trinajstić information content (AvgIpc) is 3.24. The number of nitrogens with zero attached hydrogens (tertiary/aromatic N) is 4. The van der Waals surface area contributed by atoms with Crippen molar-refractivity contribution in [3.05, 3.63) is 28.3 Å². The molecule has 0 bridgehead atoms. The lowest BCUT2D eigenvalue weighted by atomic mass is 9.82. The van der Waals surface area contributed by atoms with Gasteiger partial charge < -0.3 is 15.8 Å². The van der Waals surface area contributed by atoms with E-state index >= 15 is 0 Å². The van der Waals surface area contributed by atoms with Crippen LogP contribution in [0.25, 0.3) is 0 Å². The van der Waals surface area contributed by atoms with Gasteiger partial charge in [0.15, 0.2) is 10.9 Å². The van der Waals surface area contributed by atoms with E-state index in [1.54, 1.807) is 35.8 Å². The second-order valence-corrected chi connectivity index (χ2v) is 7.99. The molecule has 1 saturated heterocycles. The molecule has 25 heavy (non-hydrogen) atoms. The first-order valence-electron chi connectivity index (χ1n) is 7.90. The SMILES string of the molecule is Cn1ccc(C(=O)Nc2csc(C34COCCC3CSC(N)=N4)n2)n1. The monoisotopic (exact) mass is 378 g/mol. The molecule has 8 nitrogen and oxygen atoms in total. The summed E-state index contributed by atoms with van der Waals surface area (Å²) in [5.74, 6) is 1.47. The number of thioether (sulfide) groups is 1. The summed E-state index contributed by atoms with van der Waals surface area (Å²) < 4.78 is 7.29. The summed E-state index contributed by atoms with van der Waals surface area (Å²) in [6.07, 6.45) is 2.65. The highest BCUT2D eigenvalue weighted by Gasteiger charge is 2.47. The van der Waals surface area contributed by atoms with E-state index in [1.807, 2.05) is 5.38 Å². The predicted molar refractivity (Wildman–Crippen MR) is 98.0 cm³/mol. The minimum Gasteiger partial charge on any atom is -0.379 e. The fourth-order valence-electron chi connectivity index (χ4n) is 3.10. The molecule has 2 aliphatic heterocycles. The Labute approximate surface area is 152 Å². The van der Waals surface area contributed by atoms with Gasteiger partial charge >= 0.3 is 0 Å². The number of aliphatic imine (C=N–C) groups is 1. The van der Waals surface area contributed by atoms with Gasteiger partial charge in [-0.3, -0.25) is 9.48 Å². The van der Waals surface area contributed by atoms with Gasteiger partial charge in [0.05, 0.1) is 6.61 Å². The Morgan fingerprint density at radius 3 is 3.24 bits per heavy atom. The molecule has 1 fully saturated rings. The quantitative estimate of drug-likeness (QED) is 0.836. The number of amides is 1. The van der Waals surface area contributed by atoms with Crippen LogP contribution >= 0.6 is 23.1 Å². The van der Waals surface area contributed by atoms with Crippen molar-refractivity contribution in [2.45, 2.75) is 12.0 Å². The molecule has 2 aromatic rings. The van der Waals surface area contributed by atoms with Crippen molar-refractivity contribution < 1.29 is 9.53 Å². The maximum absolute atomic E-state index is 12.2. The second kappa shape index (κ2) is 6.43. The lowest BCUT2D eigenvalue weighted by molar-refractivity contribution is 0.00448. The number of amidine groups is 1. The van der Waals surface area contributed by atoms with Crippen LogP contribution in [-0.2, 0) is 17.3 Å². The molecule has 132 valence electrons. The molecule has 0 aliphatic carbocycles. The zero-order valence-corrected chi connectivity index (χ0v) is 15.3. The highest BCUT2D eigenvalue weighted by Crippen LogP contribution is 2.45. The van der Waals surface area contributed by atoms with E-state index in [9.17, 15) is 4.79 Å². The Bertz CT molecular complexity index is 832. The minimum atomic E-state index is -0.535. The van der Waals surface area contributed by atoms with Crippen molar-refractivity contribution in [2.24, 2.45) is 23.7 Å². The zero-order valence-electron chi connectivity index (χ0n) is 13.6. The van der Waals surface area contributed by atoms with Crippen LogP contribution in [0.2, 0.25) is 0 Å². The zero-order chi connectivity index (χ0) is 17.4. The molecule has 2 aliphatic rings. The van der Waals surface area contributed by atoms with Crippen molar-refractivity contribution in [3.8, 4) is 0 Å². The highest BCUT2D eigenvalue weighted by atomic mass is 32.2. The van der Waals surface area contributed by atoms with E-state index in [0.717, 1.165) is 23.8 Å². The number of hydrogen-bond acceptors (Lipinski definition) is 8. The van der Waals surface area contributed by atoms with Crippen molar-refractivity contribution in [1.29, 1.82) is 0 Å². The first-order chi connectivity index (χ1) is 12.1. The Hall–Kier alpha value is -1.91. The maximum Gasteiger partial charge on any atom is 0.277 e. The number of anilines is 1. The number of aryl methyl sites for hydroxylation is 1. The number of aromatic nitrogens is 3. The molecular formula is C15H18N6O2S2. The number of nitrogens with one attached hydrogen (secondary N) is 1. The molecule has 0 spiro atoms. The third-order valence-electron chi connectivity index (χ3n) is 4.41. The Kier molecular flexibility index (Phi) is 4.26. The second-order valence-electron chi connectivity index (χ2n) is 6.09. The topological polar surface area (TPSA) is 107 Å². The van der Waals surface area contributed by atoms with E-state index < -0.39 is 5.54 Å². The summed E-state index contributed by atoms with van der Waals surface area (Å²) in [6.45, 7) is 1.21. The smallest absolute Gasteiger partial charge is 0.277 e. The van der Waals surface area contributed by atoms with E-state index in [-0.39, 0.29) is 5.91 Å². The molecule has 0 radical (unpaired) electrons. The number of ether oxygens (including phenoxy) is 1. The first-order valence-corrected chi connectivity index (χ1v) is 9.76. The van der Waals surface area contributed by atoms with Crippen LogP contribution in [0.4, 0.5) is 5.82 Å². The van der Waals surface area contributed by atoms with Gasteiger partial charge in [-0.15, -0.1) is 11.3 Å². The number of hydrogen-bond donors (Lipinski definition) is 2. The number of carbonyl (C=O) groups excluding carboxylic acids is 1. The van der Waals surface area contributed by atoms with Crippen LogP contribution in [-0.4, -0.2) is 44.8 Å². The maximum atomic E-state index is 12.2. The molecule has 2 atom stereocenters. The Balaban J connectivity index is 1.59. The van der Waals surface area contributed by atoms with Crippen LogP contribution in [0.5, 0.6) is 0 Å². The number of thiazole rings is 1. The van der Waals surface area contributed by atoms with Gasteiger partial charge in [0.25, 0.3) is 5.91 Å². The predicted octanol–water partition coefficient (Wildman–Crippen LogP) is 1.42. The summed E-state index contributed by atoms with van der Waals surface area (Å²) in [7, 11) is 1.77. The number of carbonyl (C=O) groups is 1. The van der Waals surface area contributed by atoms with Crippen LogP contribution < -0.4 is 11.1 Å². The Morgan fingerprint density at radius 2 is 2.44 bits per heavy atom. The van der Waals surface area contributed by atoms with Gasteiger partial charge in [-0.25, -0.2) is 9.98 Å². The lowest BCUT2D eigenvalue weighted by Crippen LogP contribution is -2.47. The van der Waals surface area contributed by atoms with Gasteiger partial charge in [0, 0.05) is 36.9 Å². The van der Waals surface area contributed by atoms with E-state index in [0.29, 0.717) is 29.2 Å². The minimum absolute atomic E-state index is 0.284. The Morgan fingerprint density at radius 1 is 1.56 bits per heavy atom. The molecule has 2 unspecified atom stereocenters. The summed E-state index contributed by atoms with van der Waals surface area (Å²) in [5.41, 5.74) is 5.80. The van der Waals surface area contributed by atoms with Gasteiger partial charge in [0.2, 0.25) is 0 Å². The normalized spacial score (nSPS) is 26.0. The van der Waals surface area contributed by atoms with Crippen LogP contribution in [0.1, 0.15) is 21.9 Å². The average molecular weight is 378 g/mol. The van der Waals surface area contributed by atoms with Gasteiger partial charge in [-0.1, -0.05) is 11.8 Å². The van der Waals surface area contributed by atoms with Crippen molar-refractivity contribution >= 4 is 40.0 Å². The standard InChI is InChI=1S/C15H18N6O2S2/c1-21-4-2-10(20-21)12(22)17-11-7-24-13(18-11)15-8-23-5-3-9(15)6-25-14(16)19-15/h2,4,7,9H,3,5-6,8H2,1H3,(H2,16,19)(H,17,22). The van der Waals surface area contributed by atoms with Crippen LogP contribution in [0, 0.1) is 5.92 Å².